The highest BCUT2D eigenvalue weighted by atomic mass is 32.1. The lowest BCUT2D eigenvalue weighted by molar-refractivity contribution is -0.121. The quantitative estimate of drug-likeness (QED) is 0.0916. The molecule has 0 aliphatic carbocycles. The number of nitrogens with two attached hydrogens (primary N) is 2. The number of nitrogens with one attached hydrogen (secondary N) is 3. The summed E-state index contributed by atoms with van der Waals surface area (Å²) in [5.41, 5.74) is 14.1. The minimum atomic E-state index is -0.704. The Morgan fingerprint density at radius 2 is 1.71 bits per heavy atom. The Labute approximate surface area is 243 Å². The Morgan fingerprint density at radius 1 is 1.02 bits per heavy atom. The zero-order chi connectivity index (χ0) is 30.3. The molecule has 1 heterocycles. The summed E-state index contributed by atoms with van der Waals surface area (Å²) >= 11 is 3.59. The predicted octanol–water partition coefficient (Wildman–Crippen LogP) is 2.52. The van der Waals surface area contributed by atoms with Crippen LogP contribution in [-0.2, 0) is 17.9 Å². The molecule has 3 amide bonds. The third-order valence-electron chi connectivity index (χ3n) is 5.67. The van der Waals surface area contributed by atoms with E-state index in [0.717, 1.165) is 5.56 Å². The van der Waals surface area contributed by atoms with Gasteiger partial charge in [-0.3, -0.25) is 23.7 Å². The van der Waals surface area contributed by atoms with Gasteiger partial charge in [-0.2, -0.15) is 4.99 Å². The van der Waals surface area contributed by atoms with E-state index in [-0.39, 0.29) is 42.7 Å². The summed E-state index contributed by atoms with van der Waals surface area (Å²) in [4.78, 5) is 58.0. The second kappa shape index (κ2) is 13.6. The minimum Gasteiger partial charge on any atom is -0.399 e. The van der Waals surface area contributed by atoms with Gasteiger partial charge in [-0.25, -0.2) is 4.98 Å². The molecule has 13 heteroatoms. The molecule has 216 valence electrons. The van der Waals surface area contributed by atoms with E-state index in [1.807, 2.05) is 27.7 Å². The fourth-order valence-electron chi connectivity index (χ4n) is 3.88. The van der Waals surface area contributed by atoms with Gasteiger partial charge in [0.15, 0.2) is 5.82 Å². The fourth-order valence-corrected chi connectivity index (χ4v) is 3.99. The van der Waals surface area contributed by atoms with Crippen LogP contribution in [0, 0.1) is 0 Å². The lowest BCUT2D eigenvalue weighted by atomic mass is 10.1. The van der Waals surface area contributed by atoms with Crippen LogP contribution in [0.3, 0.4) is 0 Å². The number of nitrogen functional groups attached to an aromatic ring is 1. The molecule has 3 aromatic rings. The molecule has 2 aromatic carbocycles. The number of carbonyl (C=O) groups excluding carboxylic acids is 3. The van der Waals surface area contributed by atoms with E-state index < -0.39 is 16.7 Å². The second-order valence-corrected chi connectivity index (χ2v) is 10.3. The second-order valence-electron chi connectivity index (χ2n) is 9.91. The third-order valence-corrected chi connectivity index (χ3v) is 5.77. The molecule has 0 aliphatic heterocycles. The molecule has 7 N–H and O–H groups in total. The molecule has 0 aliphatic rings. The maximum atomic E-state index is 13.4. The highest BCUT2D eigenvalue weighted by molar-refractivity contribution is 7.96. The summed E-state index contributed by atoms with van der Waals surface area (Å²) in [6, 6.07) is 11.4. The summed E-state index contributed by atoms with van der Waals surface area (Å²) in [7, 11) is 0. The van der Waals surface area contributed by atoms with Crippen molar-refractivity contribution in [1.82, 2.24) is 20.2 Å². The Bertz CT molecular complexity index is 1530. The van der Waals surface area contributed by atoms with Crippen molar-refractivity contribution >= 4 is 47.0 Å². The summed E-state index contributed by atoms with van der Waals surface area (Å²) in [5, 5.41) is 7.92. The van der Waals surface area contributed by atoms with E-state index in [1.54, 1.807) is 42.5 Å². The average molecular weight is 579 g/mol. The van der Waals surface area contributed by atoms with Crippen LogP contribution in [-0.4, -0.2) is 44.5 Å². The number of aromatic nitrogens is 2. The van der Waals surface area contributed by atoms with Crippen molar-refractivity contribution in [3.05, 3.63) is 75.7 Å². The molecule has 0 saturated carbocycles. The first-order valence-corrected chi connectivity index (χ1v) is 13.3. The van der Waals surface area contributed by atoms with E-state index >= 15 is 0 Å². The number of nitrogens with zero attached hydrogens (tertiary/aromatic N) is 3. The van der Waals surface area contributed by atoms with Gasteiger partial charge < -0.3 is 27.4 Å². The molecule has 0 radical (unpaired) electrons. The number of hydrogen-bond acceptors (Lipinski definition) is 7. The number of aliphatic imine (C=N–C) groups is 1. The largest absolute Gasteiger partial charge is 0.399 e. The molecule has 0 fully saturated rings. The molecule has 0 unspecified atom stereocenters. The summed E-state index contributed by atoms with van der Waals surface area (Å²) < 4.78 is 1.29. The van der Waals surface area contributed by atoms with E-state index in [2.05, 4.69) is 38.6 Å². The van der Waals surface area contributed by atoms with Crippen molar-refractivity contribution in [2.24, 2.45) is 10.7 Å². The van der Waals surface area contributed by atoms with Gasteiger partial charge in [-0.05, 0) is 51.5 Å². The molecule has 3 rings (SSSR count). The van der Waals surface area contributed by atoms with Crippen molar-refractivity contribution in [3.8, 4) is 11.3 Å². The van der Waals surface area contributed by atoms with Gasteiger partial charge in [-0.1, -0.05) is 36.9 Å². The van der Waals surface area contributed by atoms with E-state index in [0.29, 0.717) is 28.1 Å². The molecular weight excluding hydrogens is 544 g/mol. The summed E-state index contributed by atoms with van der Waals surface area (Å²) in [6.45, 7) is 7.28. The molecule has 41 heavy (non-hydrogen) atoms. The highest BCUT2D eigenvalue weighted by Gasteiger charge is 2.18. The first kappa shape index (κ1) is 30.9. The molecule has 0 saturated heterocycles. The van der Waals surface area contributed by atoms with Crippen LogP contribution in [0.25, 0.3) is 11.3 Å². The van der Waals surface area contributed by atoms with Crippen LogP contribution >= 0.6 is 12.6 Å². The van der Waals surface area contributed by atoms with Crippen LogP contribution in [0.5, 0.6) is 0 Å². The fraction of sp³-hybridized carbons (Fsp3) is 0.286. The number of anilines is 2. The first-order valence-electron chi connectivity index (χ1n) is 12.8. The SMILES string of the molecule is CC(C)NC(=O)c1cc(N)cc(-c2cnc(NC(C)C)c(=O)n2CC(=O)NCc2ccc(/C(N)=N/C(=O)S)cc2)c1. The van der Waals surface area contributed by atoms with Crippen molar-refractivity contribution in [2.45, 2.75) is 52.9 Å². The third kappa shape index (κ3) is 8.67. The van der Waals surface area contributed by atoms with Crippen molar-refractivity contribution in [1.29, 1.82) is 0 Å². The van der Waals surface area contributed by atoms with Crippen LogP contribution in [0.2, 0.25) is 0 Å². The van der Waals surface area contributed by atoms with Crippen molar-refractivity contribution in [2.75, 3.05) is 11.1 Å². The standard InChI is InChI=1S/C28H34N8O4S/c1-15(2)33-25-27(39)36(14-23(37)31-12-17-5-7-18(8-6-17)24(30)35-28(40)41)22(13-32-25)19-9-20(11-21(29)10-19)26(38)34-16(3)4/h5-11,13,15-16H,12,14,29H2,1-4H3,(H,31,37)(H,32,33)(H,34,38)(H3,30,35,40,41). The number of amidine groups is 1. The Balaban J connectivity index is 1.89. The van der Waals surface area contributed by atoms with Gasteiger partial charge in [0.25, 0.3) is 11.5 Å². The molecular formula is C28H34N8O4S. The van der Waals surface area contributed by atoms with Gasteiger partial charge in [0.2, 0.25) is 5.91 Å². The van der Waals surface area contributed by atoms with E-state index in [1.165, 1.54) is 10.8 Å². The average Bonchev–Trinajstić information content (AvgIpc) is 2.88. The maximum absolute atomic E-state index is 13.4. The normalized spacial score (nSPS) is 11.4. The topological polar surface area (TPSA) is 187 Å². The molecule has 1 aromatic heterocycles. The van der Waals surface area contributed by atoms with Gasteiger partial charge in [-0.15, -0.1) is 0 Å². The van der Waals surface area contributed by atoms with Crippen LogP contribution in [0.15, 0.2) is 58.4 Å². The summed E-state index contributed by atoms with van der Waals surface area (Å²) in [6.07, 6.45) is 1.47. The predicted molar refractivity (Wildman–Crippen MR) is 163 cm³/mol. The monoisotopic (exact) mass is 578 g/mol. The number of carbonyl (C=O) groups is 3. The minimum absolute atomic E-state index is 0.0300. The van der Waals surface area contributed by atoms with Gasteiger partial charge in [0.05, 0.1) is 11.9 Å². The summed E-state index contributed by atoms with van der Waals surface area (Å²) in [5.74, 6) is -0.625. The number of benzene rings is 2. The van der Waals surface area contributed by atoms with Gasteiger partial charge >= 0.3 is 5.24 Å². The van der Waals surface area contributed by atoms with Crippen LogP contribution in [0.1, 0.15) is 49.2 Å². The first-order chi connectivity index (χ1) is 19.3. The number of amides is 3. The zero-order valence-electron chi connectivity index (χ0n) is 23.3. The molecule has 0 atom stereocenters. The van der Waals surface area contributed by atoms with E-state index in [9.17, 15) is 19.2 Å². The zero-order valence-corrected chi connectivity index (χ0v) is 24.2. The van der Waals surface area contributed by atoms with E-state index in [4.69, 9.17) is 11.5 Å². The molecule has 0 spiro atoms. The highest BCUT2D eigenvalue weighted by Crippen LogP contribution is 2.23. The Kier molecular flexibility index (Phi) is 10.3. The number of hydrogen-bond donors (Lipinski definition) is 6. The Morgan fingerprint density at radius 3 is 2.32 bits per heavy atom. The Hall–Kier alpha value is -4.65. The number of thiol groups is 1. The van der Waals surface area contributed by atoms with Crippen LogP contribution < -0.4 is 33.0 Å². The van der Waals surface area contributed by atoms with Crippen molar-refractivity contribution in [3.63, 3.8) is 0 Å². The number of rotatable bonds is 10. The lowest BCUT2D eigenvalue weighted by Gasteiger charge is -2.17. The van der Waals surface area contributed by atoms with Gasteiger partial charge in [0.1, 0.15) is 12.4 Å². The van der Waals surface area contributed by atoms with Crippen molar-refractivity contribution < 1.29 is 14.4 Å². The lowest BCUT2D eigenvalue weighted by Crippen LogP contribution is -2.35. The van der Waals surface area contributed by atoms with Crippen LogP contribution in [0.4, 0.5) is 16.3 Å². The van der Waals surface area contributed by atoms with Gasteiger partial charge in [0, 0.05) is 41.0 Å². The smallest absolute Gasteiger partial charge is 0.303 e. The maximum Gasteiger partial charge on any atom is 0.303 e. The molecule has 12 nitrogen and oxygen atoms in total. The molecule has 0 bridgehead atoms.